The third-order valence-corrected chi connectivity index (χ3v) is 4.02. The van der Waals surface area contributed by atoms with Crippen LogP contribution in [0.1, 0.15) is 18.4 Å². The molecular weight excluding hydrogens is 270 g/mol. The normalized spacial score (nSPS) is 21.2. The molecular formula is C16H19NO4. The highest BCUT2D eigenvalue weighted by Gasteiger charge is 2.39. The minimum atomic E-state index is -0.933. The van der Waals surface area contributed by atoms with Gasteiger partial charge >= 0.3 is 5.97 Å². The number of carboxylic acid groups (broad SMARTS) is 1. The first-order valence-corrected chi connectivity index (χ1v) is 7.21. The monoisotopic (exact) mass is 289 g/mol. The average Bonchev–Trinajstić information content (AvgIpc) is 2.95. The van der Waals surface area contributed by atoms with Crippen molar-refractivity contribution in [2.75, 3.05) is 31.2 Å². The Kier molecular flexibility index (Phi) is 3.94. The first-order valence-electron chi connectivity index (χ1n) is 7.21. The maximum atomic E-state index is 10.5. The maximum Gasteiger partial charge on any atom is 0.328 e. The van der Waals surface area contributed by atoms with Gasteiger partial charge in [-0.1, -0.05) is 12.1 Å². The Labute approximate surface area is 123 Å². The zero-order valence-electron chi connectivity index (χ0n) is 11.8. The van der Waals surface area contributed by atoms with Gasteiger partial charge in [0.1, 0.15) is 0 Å². The van der Waals surface area contributed by atoms with Gasteiger partial charge in [-0.05, 0) is 23.8 Å². The minimum Gasteiger partial charge on any atom is -0.478 e. The second-order valence-electron chi connectivity index (χ2n) is 5.36. The van der Waals surface area contributed by atoms with E-state index < -0.39 is 5.97 Å². The molecule has 1 N–H and O–H groups in total. The molecule has 5 heteroatoms. The molecule has 0 bridgehead atoms. The van der Waals surface area contributed by atoms with Gasteiger partial charge in [0.15, 0.2) is 5.79 Å². The van der Waals surface area contributed by atoms with Crippen molar-refractivity contribution in [3.63, 3.8) is 0 Å². The van der Waals surface area contributed by atoms with Gasteiger partial charge in [0.25, 0.3) is 0 Å². The standard InChI is InChI=1S/C16H19NO4/c18-15(19)6-3-13-1-4-14(5-2-13)17-9-7-16(8-10-17)20-11-12-21-16/h1-6H,7-12H2,(H,18,19). The summed E-state index contributed by atoms with van der Waals surface area (Å²) in [5.74, 6) is -1.28. The Morgan fingerprint density at radius 2 is 1.76 bits per heavy atom. The molecule has 2 aliphatic heterocycles. The molecule has 1 spiro atoms. The minimum absolute atomic E-state index is 0.347. The largest absolute Gasteiger partial charge is 0.478 e. The molecule has 2 aliphatic rings. The lowest BCUT2D eigenvalue weighted by Gasteiger charge is -2.38. The van der Waals surface area contributed by atoms with E-state index in [1.807, 2.05) is 24.3 Å². The summed E-state index contributed by atoms with van der Waals surface area (Å²) >= 11 is 0. The molecule has 0 saturated carbocycles. The van der Waals surface area contributed by atoms with Crippen molar-refractivity contribution in [2.24, 2.45) is 0 Å². The summed E-state index contributed by atoms with van der Waals surface area (Å²) in [5.41, 5.74) is 2.03. The lowest BCUT2D eigenvalue weighted by atomic mass is 10.0. The Morgan fingerprint density at radius 1 is 1.14 bits per heavy atom. The van der Waals surface area contributed by atoms with E-state index in [9.17, 15) is 4.79 Å². The fourth-order valence-electron chi connectivity index (χ4n) is 2.86. The van der Waals surface area contributed by atoms with Crippen LogP contribution >= 0.6 is 0 Å². The lowest BCUT2D eigenvalue weighted by molar-refractivity contribution is -0.169. The smallest absolute Gasteiger partial charge is 0.328 e. The molecule has 3 rings (SSSR count). The number of hydrogen-bond acceptors (Lipinski definition) is 4. The van der Waals surface area contributed by atoms with Crippen molar-refractivity contribution in [3.05, 3.63) is 35.9 Å². The molecule has 2 saturated heterocycles. The summed E-state index contributed by atoms with van der Waals surface area (Å²) in [6.45, 7) is 3.21. The van der Waals surface area contributed by atoms with Gasteiger partial charge in [-0.15, -0.1) is 0 Å². The summed E-state index contributed by atoms with van der Waals surface area (Å²) in [6, 6.07) is 7.91. The number of anilines is 1. The third-order valence-electron chi connectivity index (χ3n) is 4.02. The van der Waals surface area contributed by atoms with Crippen LogP contribution in [0, 0.1) is 0 Å². The SMILES string of the molecule is O=C(O)C=Cc1ccc(N2CCC3(CC2)OCCO3)cc1. The third kappa shape index (κ3) is 3.25. The van der Waals surface area contributed by atoms with Crippen LogP contribution in [-0.4, -0.2) is 43.2 Å². The zero-order valence-corrected chi connectivity index (χ0v) is 11.8. The van der Waals surface area contributed by atoms with E-state index in [4.69, 9.17) is 14.6 Å². The van der Waals surface area contributed by atoms with Gasteiger partial charge in [-0.2, -0.15) is 0 Å². The molecule has 0 unspecified atom stereocenters. The van der Waals surface area contributed by atoms with Crippen molar-refractivity contribution in [3.8, 4) is 0 Å². The first kappa shape index (κ1) is 14.1. The summed E-state index contributed by atoms with van der Waals surface area (Å²) in [4.78, 5) is 12.8. The van der Waals surface area contributed by atoms with Crippen molar-refractivity contribution < 1.29 is 19.4 Å². The Balaban J connectivity index is 1.61. The number of nitrogens with zero attached hydrogens (tertiary/aromatic N) is 1. The highest BCUT2D eigenvalue weighted by atomic mass is 16.7. The van der Waals surface area contributed by atoms with E-state index >= 15 is 0 Å². The van der Waals surface area contributed by atoms with Crippen molar-refractivity contribution in [1.29, 1.82) is 0 Å². The van der Waals surface area contributed by atoms with E-state index in [1.165, 1.54) is 0 Å². The molecule has 1 aromatic rings. The number of carboxylic acids is 1. The van der Waals surface area contributed by atoms with E-state index in [-0.39, 0.29) is 5.79 Å². The molecule has 21 heavy (non-hydrogen) atoms. The predicted molar refractivity (Wildman–Crippen MR) is 79.2 cm³/mol. The van der Waals surface area contributed by atoms with Crippen LogP contribution in [-0.2, 0) is 14.3 Å². The number of rotatable bonds is 3. The topological polar surface area (TPSA) is 59.0 Å². The van der Waals surface area contributed by atoms with Gasteiger partial charge in [0, 0.05) is 37.7 Å². The second kappa shape index (κ2) is 5.87. The van der Waals surface area contributed by atoms with Gasteiger partial charge in [0.2, 0.25) is 0 Å². The molecule has 5 nitrogen and oxygen atoms in total. The van der Waals surface area contributed by atoms with Crippen LogP contribution in [0.5, 0.6) is 0 Å². The molecule has 0 aromatic heterocycles. The van der Waals surface area contributed by atoms with Crippen LogP contribution < -0.4 is 4.90 Å². The van der Waals surface area contributed by atoms with E-state index in [0.717, 1.165) is 43.3 Å². The van der Waals surface area contributed by atoms with Crippen LogP contribution in [0.2, 0.25) is 0 Å². The van der Waals surface area contributed by atoms with Crippen LogP contribution in [0.3, 0.4) is 0 Å². The number of hydrogen-bond donors (Lipinski definition) is 1. The van der Waals surface area contributed by atoms with E-state index in [2.05, 4.69) is 4.90 Å². The molecule has 0 amide bonds. The number of carbonyl (C=O) groups is 1. The molecule has 2 fully saturated rings. The Morgan fingerprint density at radius 3 is 2.33 bits per heavy atom. The van der Waals surface area contributed by atoms with Crippen molar-refractivity contribution in [2.45, 2.75) is 18.6 Å². The first-order chi connectivity index (χ1) is 10.2. The fraction of sp³-hybridized carbons (Fsp3) is 0.438. The Hall–Kier alpha value is -1.85. The Bertz CT molecular complexity index is 522. The quantitative estimate of drug-likeness (QED) is 0.864. The highest BCUT2D eigenvalue weighted by molar-refractivity contribution is 5.85. The van der Waals surface area contributed by atoms with Crippen molar-refractivity contribution >= 4 is 17.7 Å². The summed E-state index contributed by atoms with van der Waals surface area (Å²) in [6.07, 6.45) is 4.51. The summed E-state index contributed by atoms with van der Waals surface area (Å²) < 4.78 is 11.5. The number of ether oxygens (including phenoxy) is 2. The highest BCUT2D eigenvalue weighted by Crippen LogP contribution is 2.33. The molecule has 0 radical (unpaired) electrons. The predicted octanol–water partition coefficient (Wildman–Crippen LogP) is 2.13. The van der Waals surface area contributed by atoms with E-state index in [0.29, 0.717) is 13.2 Å². The molecule has 112 valence electrons. The molecule has 0 atom stereocenters. The molecule has 0 aliphatic carbocycles. The summed E-state index contributed by atoms with van der Waals surface area (Å²) in [5, 5.41) is 8.62. The van der Waals surface area contributed by atoms with Gasteiger partial charge < -0.3 is 19.5 Å². The average molecular weight is 289 g/mol. The molecule has 1 aromatic carbocycles. The zero-order chi connectivity index (χ0) is 14.7. The number of piperidine rings is 1. The van der Waals surface area contributed by atoms with Gasteiger partial charge in [0.05, 0.1) is 13.2 Å². The number of aliphatic carboxylic acids is 1. The fourth-order valence-corrected chi connectivity index (χ4v) is 2.86. The lowest BCUT2D eigenvalue weighted by Crippen LogP contribution is -2.45. The molecule has 2 heterocycles. The van der Waals surface area contributed by atoms with Gasteiger partial charge in [-0.3, -0.25) is 0 Å². The summed E-state index contributed by atoms with van der Waals surface area (Å²) in [7, 11) is 0. The van der Waals surface area contributed by atoms with Crippen LogP contribution in [0.25, 0.3) is 6.08 Å². The van der Waals surface area contributed by atoms with Crippen LogP contribution in [0.15, 0.2) is 30.3 Å². The van der Waals surface area contributed by atoms with Crippen molar-refractivity contribution in [1.82, 2.24) is 0 Å². The second-order valence-corrected chi connectivity index (χ2v) is 5.36. The van der Waals surface area contributed by atoms with E-state index in [1.54, 1.807) is 6.08 Å². The number of benzene rings is 1. The van der Waals surface area contributed by atoms with Crippen LogP contribution in [0.4, 0.5) is 5.69 Å². The van der Waals surface area contributed by atoms with Gasteiger partial charge in [-0.25, -0.2) is 4.79 Å². The maximum absolute atomic E-state index is 10.5.